The van der Waals surface area contributed by atoms with Gasteiger partial charge in [0.2, 0.25) is 5.91 Å². The molecule has 0 saturated carbocycles. The van der Waals surface area contributed by atoms with Crippen LogP contribution in [0, 0.1) is 13.8 Å². The molecule has 2 saturated heterocycles. The lowest BCUT2D eigenvalue weighted by Crippen LogP contribution is -2.41. The van der Waals surface area contributed by atoms with Gasteiger partial charge in [-0.25, -0.2) is 0 Å². The third kappa shape index (κ3) is 6.13. The zero-order valence-corrected chi connectivity index (χ0v) is 22.1. The monoisotopic (exact) mass is 500 g/mol. The molecular formula is C31H40N4O2. The Labute approximate surface area is 220 Å². The maximum absolute atomic E-state index is 13.2. The van der Waals surface area contributed by atoms with Crippen LogP contribution in [-0.4, -0.2) is 54.4 Å². The van der Waals surface area contributed by atoms with Crippen molar-refractivity contribution in [2.45, 2.75) is 76.5 Å². The van der Waals surface area contributed by atoms with E-state index in [0.717, 1.165) is 60.3 Å². The molecule has 3 aliphatic rings. The smallest absolute Gasteiger partial charge is 0.234 e. The van der Waals surface area contributed by atoms with E-state index in [1.807, 2.05) is 50.2 Å². The predicted octanol–water partition coefficient (Wildman–Crippen LogP) is 4.20. The first-order chi connectivity index (χ1) is 18.0. The summed E-state index contributed by atoms with van der Waals surface area (Å²) >= 11 is 0. The number of Topliss-reactive ketones (excluding diaryl/α,β-unsaturated/α-hetero) is 1. The fraction of sp³-hybridized carbons (Fsp3) is 0.484. The summed E-state index contributed by atoms with van der Waals surface area (Å²) < 4.78 is 0. The Morgan fingerprint density at radius 2 is 1.73 bits per heavy atom. The zero-order chi connectivity index (χ0) is 25.8. The number of hydrogen-bond donors (Lipinski definition) is 3. The van der Waals surface area contributed by atoms with Crippen molar-refractivity contribution in [2.75, 3.05) is 19.6 Å². The van der Waals surface area contributed by atoms with Gasteiger partial charge in [-0.15, -0.1) is 0 Å². The second-order valence-electron chi connectivity index (χ2n) is 11.0. The van der Waals surface area contributed by atoms with Crippen molar-refractivity contribution in [1.82, 2.24) is 20.9 Å². The SMILES string of the molecule is Cc1cccc(C)c1C(=O)C1C=C2NC(CC[C@H](NC(=O)CN3CCCCC3)c3ccccc3)CC2N1. The van der Waals surface area contributed by atoms with E-state index in [1.54, 1.807) is 0 Å². The van der Waals surface area contributed by atoms with Crippen molar-refractivity contribution >= 4 is 11.7 Å². The van der Waals surface area contributed by atoms with Gasteiger partial charge >= 0.3 is 0 Å². The maximum Gasteiger partial charge on any atom is 0.234 e. The molecule has 0 radical (unpaired) electrons. The van der Waals surface area contributed by atoms with Crippen LogP contribution in [0.1, 0.15) is 71.6 Å². The topological polar surface area (TPSA) is 73.5 Å². The van der Waals surface area contributed by atoms with E-state index in [1.165, 1.54) is 19.3 Å². The van der Waals surface area contributed by atoms with Crippen LogP contribution in [0.4, 0.5) is 0 Å². The van der Waals surface area contributed by atoms with Crippen molar-refractivity contribution in [3.05, 3.63) is 82.6 Å². The van der Waals surface area contributed by atoms with Gasteiger partial charge in [0.15, 0.2) is 5.78 Å². The molecule has 2 fully saturated rings. The molecule has 1 amide bonds. The molecule has 4 atom stereocenters. The predicted molar refractivity (Wildman–Crippen MR) is 147 cm³/mol. The number of nitrogens with zero attached hydrogens (tertiary/aromatic N) is 1. The highest BCUT2D eigenvalue weighted by Gasteiger charge is 2.38. The fourth-order valence-electron chi connectivity index (χ4n) is 6.21. The second-order valence-corrected chi connectivity index (χ2v) is 11.0. The van der Waals surface area contributed by atoms with Gasteiger partial charge in [0.1, 0.15) is 0 Å². The minimum atomic E-state index is -0.278. The summed E-state index contributed by atoms with van der Waals surface area (Å²) in [7, 11) is 0. The number of piperidine rings is 1. The number of ketones is 1. The Hall–Kier alpha value is -2.96. The lowest BCUT2D eigenvalue weighted by atomic mass is 9.95. The van der Waals surface area contributed by atoms with Gasteiger partial charge in [0, 0.05) is 23.3 Å². The molecule has 5 rings (SSSR count). The minimum absolute atomic E-state index is 0.000951. The van der Waals surface area contributed by atoms with Crippen molar-refractivity contribution in [1.29, 1.82) is 0 Å². The van der Waals surface area contributed by atoms with Gasteiger partial charge in [-0.3, -0.25) is 19.8 Å². The Bertz CT molecular complexity index is 1120. The number of carbonyl (C=O) groups is 2. The van der Waals surface area contributed by atoms with Crippen LogP contribution >= 0.6 is 0 Å². The van der Waals surface area contributed by atoms with Gasteiger partial charge in [0.25, 0.3) is 0 Å². The van der Waals surface area contributed by atoms with E-state index in [2.05, 4.69) is 39.1 Å². The number of hydrogen-bond acceptors (Lipinski definition) is 5. The van der Waals surface area contributed by atoms with E-state index < -0.39 is 0 Å². The number of nitrogens with one attached hydrogen (secondary N) is 3. The van der Waals surface area contributed by atoms with Crippen molar-refractivity contribution in [3.8, 4) is 0 Å². The molecule has 37 heavy (non-hydrogen) atoms. The van der Waals surface area contributed by atoms with Crippen LogP contribution in [0.3, 0.4) is 0 Å². The quantitative estimate of drug-likeness (QED) is 0.450. The van der Waals surface area contributed by atoms with Gasteiger partial charge in [-0.1, -0.05) is 55.0 Å². The zero-order valence-electron chi connectivity index (χ0n) is 22.1. The Balaban J connectivity index is 1.18. The molecule has 6 nitrogen and oxygen atoms in total. The van der Waals surface area contributed by atoms with E-state index in [9.17, 15) is 9.59 Å². The first-order valence-corrected chi connectivity index (χ1v) is 13.9. The third-order valence-electron chi connectivity index (χ3n) is 8.16. The molecule has 2 aromatic carbocycles. The third-order valence-corrected chi connectivity index (χ3v) is 8.16. The Kier molecular flexibility index (Phi) is 8.06. The number of fused-ring (bicyclic) bond motifs is 1. The molecular weight excluding hydrogens is 460 g/mol. The Morgan fingerprint density at radius 3 is 2.43 bits per heavy atom. The van der Waals surface area contributed by atoms with Crippen LogP contribution in [-0.2, 0) is 4.79 Å². The van der Waals surface area contributed by atoms with Crippen LogP contribution in [0.15, 0.2) is 60.3 Å². The largest absolute Gasteiger partial charge is 0.384 e. The number of aryl methyl sites for hydroxylation is 2. The molecule has 6 heteroatoms. The van der Waals surface area contributed by atoms with Gasteiger partial charge in [-0.2, -0.15) is 0 Å². The second kappa shape index (κ2) is 11.6. The summed E-state index contributed by atoms with van der Waals surface area (Å²) in [4.78, 5) is 28.4. The molecule has 3 N–H and O–H groups in total. The molecule has 196 valence electrons. The highest BCUT2D eigenvalue weighted by atomic mass is 16.2. The fourth-order valence-corrected chi connectivity index (χ4v) is 6.21. The molecule has 2 aromatic rings. The molecule has 0 bridgehead atoms. The minimum Gasteiger partial charge on any atom is -0.384 e. The van der Waals surface area contributed by atoms with Crippen molar-refractivity contribution in [3.63, 3.8) is 0 Å². The molecule has 3 aliphatic heterocycles. The van der Waals surface area contributed by atoms with Crippen LogP contribution in [0.25, 0.3) is 0 Å². The molecule has 0 aliphatic carbocycles. The summed E-state index contributed by atoms with van der Waals surface area (Å²) in [5.41, 5.74) is 5.19. The van der Waals surface area contributed by atoms with E-state index in [-0.39, 0.29) is 29.8 Å². The highest BCUT2D eigenvalue weighted by molar-refractivity contribution is 6.04. The number of carbonyl (C=O) groups excluding carboxylic acids is 2. The molecule has 3 unspecified atom stereocenters. The van der Waals surface area contributed by atoms with Gasteiger partial charge in [-0.05, 0) is 81.8 Å². The molecule has 3 heterocycles. The first kappa shape index (κ1) is 25.7. The average Bonchev–Trinajstić information content (AvgIpc) is 3.47. The van der Waals surface area contributed by atoms with Crippen LogP contribution in [0.5, 0.6) is 0 Å². The number of rotatable bonds is 9. The number of likely N-dealkylation sites (tertiary alicyclic amines) is 1. The average molecular weight is 501 g/mol. The lowest BCUT2D eigenvalue weighted by Gasteiger charge is -2.27. The van der Waals surface area contributed by atoms with Crippen LogP contribution in [0.2, 0.25) is 0 Å². The van der Waals surface area contributed by atoms with Crippen LogP contribution < -0.4 is 16.0 Å². The summed E-state index contributed by atoms with van der Waals surface area (Å²) in [5, 5.41) is 10.5. The summed E-state index contributed by atoms with van der Waals surface area (Å²) in [6, 6.07) is 16.6. The molecule has 0 spiro atoms. The summed E-state index contributed by atoms with van der Waals surface area (Å²) in [6.45, 7) is 6.54. The van der Waals surface area contributed by atoms with Gasteiger partial charge < -0.3 is 10.6 Å². The normalized spacial score (nSPS) is 24.2. The molecule has 0 aromatic heterocycles. The van der Waals surface area contributed by atoms with E-state index in [0.29, 0.717) is 12.6 Å². The van der Waals surface area contributed by atoms with E-state index >= 15 is 0 Å². The standard InChI is InChI=1S/C31H40N4O2/c1-21-10-9-11-22(2)30(21)31(37)28-19-27-26(33-28)18-24(32-27)14-15-25(23-12-5-3-6-13-23)34-29(36)20-35-16-7-4-8-17-35/h3,5-6,9-13,19,24-26,28,32-33H,4,7-8,14-18,20H2,1-2H3,(H,34,36)/t24?,25-,26?,28?/m0/s1. The number of benzene rings is 2. The summed E-state index contributed by atoms with van der Waals surface area (Å²) in [5.74, 6) is 0.264. The number of amides is 1. The van der Waals surface area contributed by atoms with Gasteiger partial charge in [0.05, 0.1) is 18.6 Å². The Morgan fingerprint density at radius 1 is 1.00 bits per heavy atom. The summed E-state index contributed by atoms with van der Waals surface area (Å²) in [6.07, 6.45) is 8.49. The first-order valence-electron chi connectivity index (χ1n) is 13.9. The highest BCUT2D eigenvalue weighted by Crippen LogP contribution is 2.29. The van der Waals surface area contributed by atoms with E-state index in [4.69, 9.17) is 0 Å². The van der Waals surface area contributed by atoms with Crippen molar-refractivity contribution < 1.29 is 9.59 Å². The maximum atomic E-state index is 13.2. The lowest BCUT2D eigenvalue weighted by molar-refractivity contribution is -0.123. The van der Waals surface area contributed by atoms with Crippen molar-refractivity contribution in [2.24, 2.45) is 0 Å².